The summed E-state index contributed by atoms with van der Waals surface area (Å²) in [5.41, 5.74) is 2.88. The number of benzene rings is 4. The largest absolute Gasteiger partial charge is 3.00 e. The molecule has 0 radical (unpaired) electrons. The third kappa shape index (κ3) is 5.31. The maximum absolute atomic E-state index is 7.29. The van der Waals surface area contributed by atoms with Crippen LogP contribution in [0.5, 0.6) is 0 Å². The Kier molecular flexibility index (Phi) is 5.40. The molecule has 33 heavy (non-hydrogen) atoms. The number of thiazole rings is 1. The molecule has 0 aliphatic rings. The summed E-state index contributed by atoms with van der Waals surface area (Å²) in [6.07, 6.45) is 0. The fourth-order valence-corrected chi connectivity index (χ4v) is 5.55. The van der Waals surface area contributed by atoms with Crippen molar-refractivity contribution in [2.24, 2.45) is 0 Å². The van der Waals surface area contributed by atoms with Crippen molar-refractivity contribution in [2.75, 3.05) is 0 Å². The van der Waals surface area contributed by atoms with Crippen LogP contribution in [0, 0.1) is 31.9 Å². The van der Waals surface area contributed by atoms with Gasteiger partial charge in [0.05, 0.1) is 4.70 Å². The van der Waals surface area contributed by atoms with E-state index in [9.17, 15) is 0 Å². The van der Waals surface area contributed by atoms with Crippen LogP contribution < -0.4 is 0 Å². The van der Waals surface area contributed by atoms with E-state index in [0.717, 1.165) is 15.4 Å². The summed E-state index contributed by atoms with van der Waals surface area (Å²) >= 11 is 3.52. The van der Waals surface area contributed by atoms with Gasteiger partial charge in [-0.05, 0) is 6.07 Å². The van der Waals surface area contributed by atoms with Gasteiger partial charge in [-0.1, -0.05) is 31.9 Å². The first kappa shape index (κ1) is 16.9. The van der Waals surface area contributed by atoms with Crippen molar-refractivity contribution in [2.45, 2.75) is 13.7 Å². The molecule has 6 aromatic rings. The number of aryl methyl sites for hydroxylation is 2. The van der Waals surface area contributed by atoms with E-state index in [-0.39, 0.29) is 31.2 Å². The standard InChI is InChI=1S/C15H8NS2.C14H12.Ir/c1-2-6-10(7-3-1)14-16-15-13(18-14)11-8-4-5-9-12(11)17-15;1-11-3-7-13(8-4-11)14-9-5-12(2)6-10-14;/h1-6,8-9H;3-7,9H,1-2H3;/q-1;-2;+3/i;1D3,2D3;. The molecule has 0 N–H and O–H groups in total. The van der Waals surface area contributed by atoms with Crippen LogP contribution in [0.1, 0.15) is 19.4 Å². The predicted octanol–water partition coefficient (Wildman–Crippen LogP) is 8.55. The average molecular weight is 645 g/mol. The van der Waals surface area contributed by atoms with Gasteiger partial charge >= 0.3 is 20.1 Å². The van der Waals surface area contributed by atoms with Crippen LogP contribution in [0.4, 0.5) is 0 Å². The Balaban J connectivity index is 0.000000177. The summed E-state index contributed by atoms with van der Waals surface area (Å²) < 4.78 is 46.3. The minimum atomic E-state index is -2.15. The van der Waals surface area contributed by atoms with Crippen molar-refractivity contribution >= 4 is 42.3 Å². The van der Waals surface area contributed by atoms with E-state index in [1.54, 1.807) is 34.8 Å². The molecule has 2 aromatic heterocycles. The number of aromatic nitrogens is 1. The minimum Gasteiger partial charge on any atom is -0.275 e. The summed E-state index contributed by atoms with van der Waals surface area (Å²) in [6, 6.07) is 34.7. The topological polar surface area (TPSA) is 12.9 Å². The van der Waals surface area contributed by atoms with Crippen molar-refractivity contribution in [1.29, 1.82) is 0 Å². The van der Waals surface area contributed by atoms with E-state index < -0.39 is 13.7 Å². The summed E-state index contributed by atoms with van der Waals surface area (Å²) in [5, 5.41) is 2.37. The molecule has 1 nitrogen and oxygen atoms in total. The van der Waals surface area contributed by atoms with Gasteiger partial charge in [-0.15, -0.1) is 58.4 Å². The van der Waals surface area contributed by atoms with Crippen LogP contribution >= 0.6 is 22.7 Å². The molecule has 0 amide bonds. The molecule has 162 valence electrons. The normalized spacial score (nSPS) is 13.9. The maximum Gasteiger partial charge on any atom is 3.00 e. The third-order valence-electron chi connectivity index (χ3n) is 4.79. The van der Waals surface area contributed by atoms with Gasteiger partial charge in [0.1, 0.15) is 4.83 Å². The van der Waals surface area contributed by atoms with Crippen LogP contribution in [0.25, 0.3) is 41.3 Å². The quantitative estimate of drug-likeness (QED) is 0.172. The molecule has 0 saturated heterocycles. The summed E-state index contributed by atoms with van der Waals surface area (Å²) in [6.45, 7) is -4.30. The smallest absolute Gasteiger partial charge is 0.275 e. The Bertz CT molecular complexity index is 1610. The van der Waals surface area contributed by atoms with Gasteiger partial charge in [-0.2, -0.15) is 59.9 Å². The van der Waals surface area contributed by atoms with Crippen molar-refractivity contribution in [3.8, 4) is 21.7 Å². The van der Waals surface area contributed by atoms with Crippen LogP contribution in [0.2, 0.25) is 0 Å². The predicted molar refractivity (Wildman–Crippen MR) is 138 cm³/mol. The second kappa shape index (κ2) is 10.5. The molecular formula is C29H20IrNS2. The van der Waals surface area contributed by atoms with E-state index in [1.165, 1.54) is 39.1 Å². The summed E-state index contributed by atoms with van der Waals surface area (Å²) in [5.74, 6) is 0. The Hall–Kier alpha value is -2.62. The van der Waals surface area contributed by atoms with Gasteiger partial charge in [-0.25, -0.2) is 11.1 Å². The average Bonchev–Trinajstić information content (AvgIpc) is 3.47. The number of rotatable bonds is 2. The number of hydrogen-bond donors (Lipinski definition) is 0. The van der Waals surface area contributed by atoms with E-state index in [1.807, 2.05) is 18.2 Å². The summed E-state index contributed by atoms with van der Waals surface area (Å²) in [4.78, 5) is 5.86. The van der Waals surface area contributed by atoms with Crippen LogP contribution in [-0.2, 0) is 20.1 Å². The minimum absolute atomic E-state index is 0. The number of thiophene rings is 1. The fourth-order valence-electron chi connectivity index (χ4n) is 3.22. The van der Waals surface area contributed by atoms with E-state index in [4.69, 9.17) is 13.2 Å². The molecule has 4 heteroatoms. The molecule has 0 bridgehead atoms. The van der Waals surface area contributed by atoms with Crippen molar-refractivity contribution in [3.63, 3.8) is 0 Å². The van der Waals surface area contributed by atoms with Crippen LogP contribution in [-0.4, -0.2) is 4.98 Å². The number of hydrogen-bond acceptors (Lipinski definition) is 3. The van der Waals surface area contributed by atoms with Gasteiger partial charge in [-0.3, -0.25) is 4.98 Å². The number of nitrogens with zero attached hydrogens (tertiary/aromatic N) is 1. The van der Waals surface area contributed by atoms with Gasteiger partial charge in [0.15, 0.2) is 0 Å². The van der Waals surface area contributed by atoms with E-state index in [2.05, 4.69) is 48.5 Å². The van der Waals surface area contributed by atoms with Gasteiger partial charge in [0.25, 0.3) is 0 Å². The first-order chi connectivity index (χ1) is 18.1. The molecule has 0 fully saturated rings. The van der Waals surface area contributed by atoms with Crippen molar-refractivity contribution in [3.05, 3.63) is 114 Å². The fraction of sp³-hybridized carbons (Fsp3) is 0.0690. The zero-order valence-electron chi connectivity index (χ0n) is 23.2. The van der Waals surface area contributed by atoms with Crippen LogP contribution in [0.15, 0.2) is 84.9 Å². The Morgan fingerprint density at radius 1 is 0.727 bits per heavy atom. The molecule has 0 aliphatic heterocycles. The molecule has 0 atom stereocenters. The Labute approximate surface area is 224 Å². The third-order valence-corrected chi connectivity index (χ3v) is 7.11. The zero-order chi connectivity index (χ0) is 26.9. The molecule has 0 unspecified atom stereocenters. The number of fused-ring (bicyclic) bond motifs is 3. The molecule has 0 spiro atoms. The van der Waals surface area contributed by atoms with Gasteiger partial charge in [0, 0.05) is 23.3 Å². The molecule has 4 aromatic carbocycles. The van der Waals surface area contributed by atoms with Gasteiger partial charge < -0.3 is 0 Å². The van der Waals surface area contributed by atoms with E-state index >= 15 is 0 Å². The van der Waals surface area contributed by atoms with Crippen LogP contribution in [0.3, 0.4) is 0 Å². The molecule has 0 saturated carbocycles. The zero-order valence-corrected chi connectivity index (χ0v) is 21.2. The second-order valence-corrected chi connectivity index (χ2v) is 9.04. The summed E-state index contributed by atoms with van der Waals surface area (Å²) in [7, 11) is 0. The Morgan fingerprint density at radius 3 is 2.03 bits per heavy atom. The molecule has 0 aliphatic carbocycles. The molecule has 6 rings (SSSR count). The molecule has 2 heterocycles. The Morgan fingerprint density at radius 2 is 1.42 bits per heavy atom. The first-order valence-corrected chi connectivity index (χ1v) is 11.5. The maximum atomic E-state index is 7.29. The van der Waals surface area contributed by atoms with E-state index in [0.29, 0.717) is 11.1 Å². The second-order valence-electron chi connectivity index (χ2n) is 7.01. The van der Waals surface area contributed by atoms with Gasteiger partial charge in [0.2, 0.25) is 0 Å². The van der Waals surface area contributed by atoms with Crippen molar-refractivity contribution < 1.29 is 28.3 Å². The van der Waals surface area contributed by atoms with Crippen molar-refractivity contribution in [1.82, 2.24) is 4.98 Å². The monoisotopic (exact) mass is 645 g/mol. The molecular weight excluding hydrogens is 619 g/mol. The first-order valence-electron chi connectivity index (χ1n) is 12.9. The SMILES string of the molecule is [2H]C([2H])([2H])c1c[c-]c(-c2[c-]cc(C([2H])([2H])[2H])cc2)cc1.[Ir+3].[c-]1ccccc1-c1nc2sc3ccccc3c2s1.